The minimum Gasteiger partial charge on any atom is -0.508 e. The van der Waals surface area contributed by atoms with Crippen molar-refractivity contribution in [3.63, 3.8) is 0 Å². The molecular formula is C23H32N4O8S. The van der Waals surface area contributed by atoms with E-state index in [0.29, 0.717) is 5.56 Å². The van der Waals surface area contributed by atoms with Gasteiger partial charge in [0, 0.05) is 13.3 Å². The summed E-state index contributed by atoms with van der Waals surface area (Å²) in [5.41, 5.74) is 0.659. The van der Waals surface area contributed by atoms with E-state index < -0.39 is 71.2 Å². The second-order valence-electron chi connectivity index (χ2n) is 8.58. The minimum absolute atomic E-state index is 0.0435. The Kier molecular flexibility index (Phi) is 11.9. The Hall–Kier alpha value is -3.61. The number of aliphatic carboxylic acids is 1. The number of nitrogens with one attached hydrogen (secondary N) is 4. The number of benzene rings is 1. The van der Waals surface area contributed by atoms with E-state index in [0.717, 1.165) is 0 Å². The van der Waals surface area contributed by atoms with Crippen LogP contribution in [-0.4, -0.2) is 69.1 Å². The number of rotatable bonds is 13. The Labute approximate surface area is 214 Å². The quantitative estimate of drug-likeness (QED) is 0.168. The third-order valence-electron chi connectivity index (χ3n) is 5.06. The first-order valence-electron chi connectivity index (χ1n) is 11.1. The molecule has 1 aromatic rings. The highest BCUT2D eigenvalue weighted by Crippen LogP contribution is 2.12. The van der Waals surface area contributed by atoms with Crippen LogP contribution in [0.25, 0.3) is 0 Å². The van der Waals surface area contributed by atoms with Crippen molar-refractivity contribution >= 4 is 47.3 Å². The number of carbonyl (C=O) groups is 6. The monoisotopic (exact) mass is 524 g/mol. The Morgan fingerprint density at radius 3 is 1.89 bits per heavy atom. The lowest BCUT2D eigenvalue weighted by molar-refractivity contribution is -0.139. The van der Waals surface area contributed by atoms with Crippen LogP contribution in [0.3, 0.4) is 0 Å². The van der Waals surface area contributed by atoms with Gasteiger partial charge in [-0.15, -0.1) is 12.6 Å². The van der Waals surface area contributed by atoms with Crippen LogP contribution < -0.4 is 21.3 Å². The van der Waals surface area contributed by atoms with E-state index in [4.69, 9.17) is 5.11 Å². The largest absolute Gasteiger partial charge is 0.508 e. The summed E-state index contributed by atoms with van der Waals surface area (Å²) in [7, 11) is 0. The Morgan fingerprint density at radius 1 is 0.833 bits per heavy atom. The SMILES string of the molecule is CC(=O)N[C@@H](Cc1ccc(O)cc1)C(=O)N[C@H](C(=O)N[C@@H](C)C(=O)N[C@@H](CC(=O)O)C(=O)S)C(C)C. The molecule has 0 aliphatic rings. The van der Waals surface area contributed by atoms with Gasteiger partial charge in [-0.05, 0) is 30.5 Å². The van der Waals surface area contributed by atoms with Crippen LogP contribution in [-0.2, 0) is 35.2 Å². The molecule has 1 aromatic carbocycles. The van der Waals surface area contributed by atoms with Crippen LogP contribution in [0, 0.1) is 5.92 Å². The van der Waals surface area contributed by atoms with E-state index in [1.165, 1.54) is 26.0 Å². The zero-order valence-electron chi connectivity index (χ0n) is 20.4. The lowest BCUT2D eigenvalue weighted by atomic mass is 10.0. The first kappa shape index (κ1) is 30.4. The first-order chi connectivity index (χ1) is 16.7. The van der Waals surface area contributed by atoms with Gasteiger partial charge in [-0.25, -0.2) is 0 Å². The number of amides is 4. The van der Waals surface area contributed by atoms with Crippen LogP contribution >= 0.6 is 12.6 Å². The number of hydrogen-bond donors (Lipinski definition) is 7. The Balaban J connectivity index is 2.91. The van der Waals surface area contributed by atoms with E-state index in [1.54, 1.807) is 26.0 Å². The average molecular weight is 525 g/mol. The second kappa shape index (κ2) is 14.1. The van der Waals surface area contributed by atoms with Gasteiger partial charge in [0.25, 0.3) is 0 Å². The van der Waals surface area contributed by atoms with Crippen LogP contribution in [0.5, 0.6) is 5.75 Å². The Bertz CT molecular complexity index is 983. The summed E-state index contributed by atoms with van der Waals surface area (Å²) in [5, 5.41) is 27.2. The topological polar surface area (TPSA) is 191 Å². The first-order valence-corrected chi connectivity index (χ1v) is 11.6. The summed E-state index contributed by atoms with van der Waals surface area (Å²) in [5.74, 6) is -4.28. The van der Waals surface area contributed by atoms with Crippen molar-refractivity contribution in [3.05, 3.63) is 29.8 Å². The zero-order valence-corrected chi connectivity index (χ0v) is 21.3. The number of carbonyl (C=O) groups excluding carboxylic acids is 5. The second-order valence-corrected chi connectivity index (χ2v) is 9.02. The fourth-order valence-corrected chi connectivity index (χ4v) is 3.31. The normalized spacial score (nSPS) is 14.1. The van der Waals surface area contributed by atoms with E-state index in [9.17, 15) is 33.9 Å². The molecule has 0 unspecified atom stereocenters. The average Bonchev–Trinajstić information content (AvgIpc) is 2.76. The molecule has 36 heavy (non-hydrogen) atoms. The highest BCUT2D eigenvalue weighted by molar-refractivity contribution is 7.96. The molecule has 0 radical (unpaired) electrons. The van der Waals surface area contributed by atoms with Crippen molar-refractivity contribution in [3.8, 4) is 5.75 Å². The summed E-state index contributed by atoms with van der Waals surface area (Å²) in [6.45, 7) is 5.92. The van der Waals surface area contributed by atoms with E-state index in [-0.39, 0.29) is 12.2 Å². The maximum Gasteiger partial charge on any atom is 0.305 e. The third-order valence-corrected chi connectivity index (χ3v) is 5.37. The van der Waals surface area contributed by atoms with Crippen molar-refractivity contribution < 1.29 is 39.0 Å². The number of aromatic hydroxyl groups is 1. The molecule has 0 aliphatic heterocycles. The van der Waals surface area contributed by atoms with Crippen molar-refractivity contribution in [1.29, 1.82) is 0 Å². The highest BCUT2D eigenvalue weighted by atomic mass is 32.1. The van der Waals surface area contributed by atoms with Crippen molar-refractivity contribution in [2.75, 3.05) is 0 Å². The van der Waals surface area contributed by atoms with Crippen LogP contribution in [0.4, 0.5) is 0 Å². The molecule has 0 saturated heterocycles. The molecule has 0 bridgehead atoms. The predicted octanol–water partition coefficient (Wildman–Crippen LogP) is -0.499. The molecule has 1 rings (SSSR count). The molecule has 0 fully saturated rings. The van der Waals surface area contributed by atoms with Crippen LogP contribution in [0.15, 0.2) is 24.3 Å². The van der Waals surface area contributed by atoms with Gasteiger partial charge in [0.15, 0.2) is 0 Å². The van der Waals surface area contributed by atoms with Crippen LogP contribution in [0.1, 0.15) is 39.7 Å². The fourth-order valence-electron chi connectivity index (χ4n) is 3.15. The van der Waals surface area contributed by atoms with Crippen LogP contribution in [0.2, 0.25) is 0 Å². The van der Waals surface area contributed by atoms with Crippen molar-refractivity contribution in [2.24, 2.45) is 5.92 Å². The molecular weight excluding hydrogens is 492 g/mol. The maximum atomic E-state index is 13.0. The maximum absolute atomic E-state index is 13.0. The van der Waals surface area contributed by atoms with Gasteiger partial charge in [-0.2, -0.15) is 0 Å². The lowest BCUT2D eigenvalue weighted by Crippen LogP contribution is -2.58. The molecule has 12 nitrogen and oxygen atoms in total. The van der Waals surface area contributed by atoms with Gasteiger partial charge >= 0.3 is 5.97 Å². The van der Waals surface area contributed by atoms with E-state index in [2.05, 4.69) is 33.9 Å². The molecule has 13 heteroatoms. The smallest absolute Gasteiger partial charge is 0.305 e. The summed E-state index contributed by atoms with van der Waals surface area (Å²) >= 11 is 3.57. The summed E-state index contributed by atoms with van der Waals surface area (Å²) in [4.78, 5) is 72.3. The number of carboxylic acid groups (broad SMARTS) is 1. The molecule has 4 amide bonds. The number of phenols is 1. The molecule has 0 aliphatic carbocycles. The van der Waals surface area contributed by atoms with E-state index >= 15 is 0 Å². The lowest BCUT2D eigenvalue weighted by Gasteiger charge is -2.26. The predicted molar refractivity (Wildman–Crippen MR) is 132 cm³/mol. The fraction of sp³-hybridized carbons (Fsp3) is 0.478. The zero-order chi connectivity index (χ0) is 27.6. The molecule has 4 atom stereocenters. The number of thiol groups is 1. The van der Waals surface area contributed by atoms with Gasteiger partial charge < -0.3 is 31.5 Å². The molecule has 0 aromatic heterocycles. The van der Waals surface area contributed by atoms with E-state index in [1.807, 2.05) is 0 Å². The molecule has 0 heterocycles. The molecule has 0 spiro atoms. The van der Waals surface area contributed by atoms with Gasteiger partial charge in [0.2, 0.25) is 28.7 Å². The minimum atomic E-state index is -1.38. The number of hydrogen-bond acceptors (Lipinski definition) is 7. The number of phenolic OH excluding ortho intramolecular Hbond substituents is 1. The Morgan fingerprint density at radius 2 is 1.42 bits per heavy atom. The summed E-state index contributed by atoms with van der Waals surface area (Å²) in [6, 6.07) is 1.44. The van der Waals surface area contributed by atoms with Crippen molar-refractivity contribution in [2.45, 2.75) is 64.7 Å². The number of carboxylic acids is 1. The standard InChI is InChI=1S/C23H32N4O8S/c1-11(2)19(22(34)24-12(3)20(32)26-17(23(35)36)10-18(30)31)27-21(33)16(25-13(4)28)9-14-5-7-15(29)8-6-14/h5-8,11-12,16-17,19,29H,9-10H2,1-4H3,(H,24,34)(H,25,28)(H,26,32)(H,27,33)(H,30,31)(H,35,36)/t12-,16-,17-,19-/m0/s1. The summed E-state index contributed by atoms with van der Waals surface area (Å²) in [6.07, 6.45) is -0.579. The summed E-state index contributed by atoms with van der Waals surface area (Å²) < 4.78 is 0. The molecule has 0 saturated carbocycles. The van der Waals surface area contributed by atoms with Gasteiger partial charge in [-0.1, -0.05) is 26.0 Å². The van der Waals surface area contributed by atoms with Crippen molar-refractivity contribution in [1.82, 2.24) is 21.3 Å². The molecule has 198 valence electrons. The third kappa shape index (κ3) is 10.3. The highest BCUT2D eigenvalue weighted by Gasteiger charge is 2.31. The molecule has 6 N–H and O–H groups in total. The van der Waals surface area contributed by atoms with Gasteiger partial charge in [0.1, 0.15) is 29.9 Å². The van der Waals surface area contributed by atoms with Gasteiger partial charge in [-0.3, -0.25) is 28.8 Å². The van der Waals surface area contributed by atoms with Gasteiger partial charge in [0.05, 0.1) is 6.42 Å².